The van der Waals surface area contributed by atoms with E-state index in [1.165, 1.54) is 0 Å². The molecule has 0 unspecified atom stereocenters. The summed E-state index contributed by atoms with van der Waals surface area (Å²) in [4.78, 5) is 9.64. The summed E-state index contributed by atoms with van der Waals surface area (Å²) >= 11 is 0. The lowest BCUT2D eigenvalue weighted by Gasteiger charge is -2.07. The Morgan fingerprint density at radius 3 is 2.60 bits per heavy atom. The van der Waals surface area contributed by atoms with E-state index in [2.05, 4.69) is 0 Å². The summed E-state index contributed by atoms with van der Waals surface area (Å²) in [5, 5.41) is 10.3. The van der Waals surface area contributed by atoms with Crippen LogP contribution in [-0.4, -0.2) is 11.6 Å². The minimum Gasteiger partial charge on any atom is -0.322 e. The molecule has 0 radical (unpaired) electrons. The molecule has 0 amide bonds. The number of rotatable bonds is 3. The molecule has 0 spiro atoms. The van der Waals surface area contributed by atoms with Gasteiger partial charge < -0.3 is 5.73 Å². The van der Waals surface area contributed by atoms with Crippen LogP contribution < -0.4 is 5.73 Å². The number of alkyl halides is 1. The Morgan fingerprint density at radius 2 is 2.13 bits per heavy atom. The lowest BCUT2D eigenvalue weighted by atomic mass is 10.1. The third kappa shape index (κ3) is 3.10. The molecule has 4 nitrogen and oxygen atoms in total. The Kier molecular flexibility index (Phi) is 5.10. The number of hydrogen-bond donors (Lipinski definition) is 1. The third-order valence-corrected chi connectivity index (χ3v) is 1.76. The minimum absolute atomic E-state index is 0. The third-order valence-electron chi connectivity index (χ3n) is 1.76. The van der Waals surface area contributed by atoms with Crippen LogP contribution in [0.3, 0.4) is 0 Å². The standard InChI is InChI=1S/C8H8F2N2O2.ClH/c9-4-8(11)6-3-5(12(13)14)1-2-7(6)10;/h1-3,8H,4,11H2;1H/t8-;/m1./s1. The lowest BCUT2D eigenvalue weighted by molar-refractivity contribution is -0.385. The number of nitrogens with two attached hydrogens (primary N) is 1. The fourth-order valence-electron chi connectivity index (χ4n) is 1.01. The van der Waals surface area contributed by atoms with Gasteiger partial charge in [0.1, 0.15) is 12.5 Å². The topological polar surface area (TPSA) is 69.2 Å². The smallest absolute Gasteiger partial charge is 0.269 e. The SMILES string of the molecule is Cl.N[C@H](CF)c1cc([N+](=O)[O-])ccc1F. The van der Waals surface area contributed by atoms with Crippen LogP contribution in [0.5, 0.6) is 0 Å². The molecule has 0 fully saturated rings. The Morgan fingerprint density at radius 1 is 1.53 bits per heavy atom. The van der Waals surface area contributed by atoms with Gasteiger partial charge in [-0.15, -0.1) is 12.4 Å². The average Bonchev–Trinajstić information content (AvgIpc) is 2.17. The molecular formula is C8H9ClF2N2O2. The zero-order valence-electron chi connectivity index (χ0n) is 7.52. The van der Waals surface area contributed by atoms with Crippen molar-refractivity contribution in [3.63, 3.8) is 0 Å². The van der Waals surface area contributed by atoms with Gasteiger partial charge in [-0.3, -0.25) is 10.1 Å². The van der Waals surface area contributed by atoms with Crippen molar-refractivity contribution in [3.05, 3.63) is 39.7 Å². The molecular weight excluding hydrogens is 230 g/mol. The first kappa shape index (κ1) is 13.7. The van der Waals surface area contributed by atoms with Gasteiger partial charge in [-0.25, -0.2) is 8.78 Å². The van der Waals surface area contributed by atoms with Crippen molar-refractivity contribution >= 4 is 18.1 Å². The number of nitro groups is 1. The maximum absolute atomic E-state index is 13.0. The van der Waals surface area contributed by atoms with Gasteiger partial charge in [0, 0.05) is 17.7 Å². The van der Waals surface area contributed by atoms with Crippen LogP contribution in [0, 0.1) is 15.9 Å². The molecule has 84 valence electrons. The second-order valence-corrected chi connectivity index (χ2v) is 2.72. The molecule has 0 aliphatic heterocycles. The Labute approximate surface area is 90.6 Å². The van der Waals surface area contributed by atoms with Gasteiger partial charge in [-0.1, -0.05) is 0 Å². The van der Waals surface area contributed by atoms with E-state index >= 15 is 0 Å². The van der Waals surface area contributed by atoms with E-state index in [1.54, 1.807) is 0 Å². The largest absolute Gasteiger partial charge is 0.322 e. The fourth-order valence-corrected chi connectivity index (χ4v) is 1.01. The van der Waals surface area contributed by atoms with Gasteiger partial charge in [-0.2, -0.15) is 0 Å². The predicted molar refractivity (Wildman–Crippen MR) is 53.2 cm³/mol. The van der Waals surface area contributed by atoms with Crippen molar-refractivity contribution in [2.24, 2.45) is 5.73 Å². The summed E-state index contributed by atoms with van der Waals surface area (Å²) in [6.45, 7) is -0.960. The van der Waals surface area contributed by atoms with Crippen molar-refractivity contribution in [3.8, 4) is 0 Å². The highest BCUT2D eigenvalue weighted by molar-refractivity contribution is 5.85. The molecule has 0 aromatic heterocycles. The van der Waals surface area contributed by atoms with Crippen LogP contribution in [-0.2, 0) is 0 Å². The maximum Gasteiger partial charge on any atom is 0.269 e. The number of nitro benzene ring substituents is 1. The van der Waals surface area contributed by atoms with Crippen molar-refractivity contribution in [1.82, 2.24) is 0 Å². The maximum atomic E-state index is 13.0. The second-order valence-electron chi connectivity index (χ2n) is 2.72. The Balaban J connectivity index is 0.00000196. The molecule has 0 saturated carbocycles. The first-order valence-electron chi connectivity index (χ1n) is 3.81. The van der Waals surface area contributed by atoms with E-state index in [9.17, 15) is 18.9 Å². The average molecular weight is 239 g/mol. The van der Waals surface area contributed by atoms with E-state index in [4.69, 9.17) is 5.73 Å². The minimum atomic E-state index is -1.16. The predicted octanol–water partition coefficient (Wildman–Crippen LogP) is 2.12. The van der Waals surface area contributed by atoms with Gasteiger partial charge in [0.15, 0.2) is 0 Å². The zero-order valence-corrected chi connectivity index (χ0v) is 8.34. The Bertz CT molecular complexity index is 362. The molecule has 15 heavy (non-hydrogen) atoms. The monoisotopic (exact) mass is 238 g/mol. The summed E-state index contributed by atoms with van der Waals surface area (Å²) in [6, 6.07) is 1.70. The highest BCUT2D eigenvalue weighted by Crippen LogP contribution is 2.21. The second kappa shape index (κ2) is 5.57. The van der Waals surface area contributed by atoms with Crippen molar-refractivity contribution in [2.75, 3.05) is 6.67 Å². The number of non-ortho nitro benzene ring substituents is 1. The molecule has 7 heteroatoms. The fraction of sp³-hybridized carbons (Fsp3) is 0.250. The summed E-state index contributed by atoms with van der Waals surface area (Å²) in [7, 11) is 0. The van der Waals surface area contributed by atoms with Crippen LogP contribution in [0.2, 0.25) is 0 Å². The highest BCUT2D eigenvalue weighted by atomic mass is 35.5. The van der Waals surface area contributed by atoms with E-state index in [0.29, 0.717) is 0 Å². The van der Waals surface area contributed by atoms with Crippen LogP contribution in [0.15, 0.2) is 18.2 Å². The number of hydrogen-bond acceptors (Lipinski definition) is 3. The summed E-state index contributed by atoms with van der Waals surface area (Å²) < 4.78 is 25.1. The highest BCUT2D eigenvalue weighted by Gasteiger charge is 2.15. The number of nitrogens with zero attached hydrogens (tertiary/aromatic N) is 1. The van der Waals surface area contributed by atoms with Crippen LogP contribution in [0.4, 0.5) is 14.5 Å². The lowest BCUT2D eigenvalue weighted by Crippen LogP contribution is -2.14. The molecule has 0 aliphatic rings. The first-order valence-corrected chi connectivity index (χ1v) is 3.81. The molecule has 0 aliphatic carbocycles. The first-order chi connectivity index (χ1) is 6.56. The molecule has 0 heterocycles. The van der Waals surface area contributed by atoms with Gasteiger partial charge >= 0.3 is 0 Å². The number of benzene rings is 1. The Hall–Kier alpha value is -1.27. The van der Waals surface area contributed by atoms with Crippen LogP contribution in [0.1, 0.15) is 11.6 Å². The van der Waals surface area contributed by atoms with Gasteiger partial charge in [0.25, 0.3) is 5.69 Å². The number of halogens is 3. The zero-order chi connectivity index (χ0) is 10.7. The molecule has 0 saturated heterocycles. The molecule has 1 atom stereocenters. The quantitative estimate of drug-likeness (QED) is 0.648. The van der Waals surface area contributed by atoms with Gasteiger partial charge in [-0.05, 0) is 6.07 Å². The summed E-state index contributed by atoms with van der Waals surface area (Å²) in [5.41, 5.74) is 4.75. The van der Waals surface area contributed by atoms with Crippen LogP contribution >= 0.6 is 12.4 Å². The molecule has 0 bridgehead atoms. The normalized spacial score (nSPS) is 11.7. The summed E-state index contributed by atoms with van der Waals surface area (Å²) in [5.74, 6) is -0.735. The molecule has 1 aromatic carbocycles. The summed E-state index contributed by atoms with van der Waals surface area (Å²) in [6.07, 6.45) is 0. The van der Waals surface area contributed by atoms with E-state index in [0.717, 1.165) is 18.2 Å². The van der Waals surface area contributed by atoms with Crippen molar-refractivity contribution in [2.45, 2.75) is 6.04 Å². The van der Waals surface area contributed by atoms with E-state index in [-0.39, 0.29) is 23.7 Å². The van der Waals surface area contributed by atoms with Crippen molar-refractivity contribution < 1.29 is 13.7 Å². The van der Waals surface area contributed by atoms with E-state index in [1.807, 2.05) is 0 Å². The van der Waals surface area contributed by atoms with Crippen LogP contribution in [0.25, 0.3) is 0 Å². The molecule has 1 aromatic rings. The van der Waals surface area contributed by atoms with Crippen molar-refractivity contribution in [1.29, 1.82) is 0 Å². The molecule has 2 N–H and O–H groups in total. The van der Waals surface area contributed by atoms with Gasteiger partial charge in [0.2, 0.25) is 0 Å². The van der Waals surface area contributed by atoms with Gasteiger partial charge in [0.05, 0.1) is 11.0 Å². The van der Waals surface area contributed by atoms with E-state index < -0.39 is 23.5 Å². The molecule has 1 rings (SSSR count).